The van der Waals surface area contributed by atoms with E-state index in [2.05, 4.69) is 4.74 Å². The molecule has 1 fully saturated rings. The van der Waals surface area contributed by atoms with Crippen molar-refractivity contribution in [3.63, 3.8) is 0 Å². The number of piperazine rings is 1. The number of halogens is 2. The molecule has 0 saturated carbocycles. The Bertz CT molecular complexity index is 994. The third-order valence-electron chi connectivity index (χ3n) is 5.29. The maximum atomic E-state index is 12.9. The molecule has 1 atom stereocenters. The highest BCUT2D eigenvalue weighted by Crippen LogP contribution is 2.32. The molecule has 0 bridgehead atoms. The minimum atomic E-state index is -3.00. The second-order valence-corrected chi connectivity index (χ2v) is 7.23. The van der Waals surface area contributed by atoms with Gasteiger partial charge in [0.1, 0.15) is 6.61 Å². The second-order valence-electron chi connectivity index (χ2n) is 7.23. The Morgan fingerprint density at radius 1 is 1.00 bits per heavy atom. The van der Waals surface area contributed by atoms with E-state index >= 15 is 0 Å². The van der Waals surface area contributed by atoms with Gasteiger partial charge in [-0.15, -0.1) is 0 Å². The van der Waals surface area contributed by atoms with Crippen LogP contribution in [0.1, 0.15) is 10.4 Å². The number of alkyl halides is 2. The summed E-state index contributed by atoms with van der Waals surface area (Å²) in [6.45, 7) is -1.53. The van der Waals surface area contributed by atoms with Gasteiger partial charge in [-0.25, -0.2) is 0 Å². The lowest BCUT2D eigenvalue weighted by Crippen LogP contribution is -2.55. The highest BCUT2D eigenvalue weighted by atomic mass is 19.3. The topological polar surface area (TPSA) is 77.5 Å². The van der Waals surface area contributed by atoms with E-state index in [0.29, 0.717) is 37.7 Å². The van der Waals surface area contributed by atoms with Crippen molar-refractivity contribution in [2.75, 3.05) is 39.9 Å². The first-order valence-electron chi connectivity index (χ1n) is 10.1. The van der Waals surface area contributed by atoms with Crippen molar-refractivity contribution in [2.24, 2.45) is 0 Å². The Kier molecular flexibility index (Phi) is 6.29. The normalized spacial score (nSPS) is 17.8. The first kappa shape index (κ1) is 21.7. The van der Waals surface area contributed by atoms with Crippen molar-refractivity contribution in [2.45, 2.75) is 12.7 Å². The summed E-state index contributed by atoms with van der Waals surface area (Å²) in [4.78, 5) is 28.9. The Morgan fingerprint density at radius 3 is 2.38 bits per heavy atom. The summed E-state index contributed by atoms with van der Waals surface area (Å²) in [6.07, 6.45) is -0.737. The van der Waals surface area contributed by atoms with Gasteiger partial charge in [0.2, 0.25) is 6.10 Å². The van der Waals surface area contributed by atoms with Crippen molar-refractivity contribution in [1.29, 1.82) is 0 Å². The summed E-state index contributed by atoms with van der Waals surface area (Å²) >= 11 is 0. The van der Waals surface area contributed by atoms with Crippen molar-refractivity contribution < 1.29 is 37.3 Å². The zero-order valence-electron chi connectivity index (χ0n) is 17.3. The van der Waals surface area contributed by atoms with Crippen LogP contribution in [0.5, 0.6) is 23.0 Å². The molecule has 0 N–H and O–H groups in total. The first-order valence-corrected chi connectivity index (χ1v) is 10.1. The SMILES string of the molecule is COc1cc(C(=O)N2CCN(C(=O)C3COc4ccccc4O3)CC2)ccc1OC(F)F. The van der Waals surface area contributed by atoms with Crippen LogP contribution in [0.4, 0.5) is 8.78 Å². The lowest BCUT2D eigenvalue weighted by Gasteiger charge is -2.37. The minimum Gasteiger partial charge on any atom is -0.493 e. The predicted octanol–water partition coefficient (Wildman–Crippen LogP) is 2.42. The van der Waals surface area contributed by atoms with Crippen LogP contribution < -0.4 is 18.9 Å². The number of hydrogen-bond donors (Lipinski definition) is 0. The van der Waals surface area contributed by atoms with Gasteiger partial charge in [0.05, 0.1) is 7.11 Å². The monoisotopic (exact) mass is 448 g/mol. The fraction of sp³-hybridized carbons (Fsp3) is 0.364. The summed E-state index contributed by atoms with van der Waals surface area (Å²) in [5, 5.41) is 0. The third-order valence-corrected chi connectivity index (χ3v) is 5.29. The van der Waals surface area contributed by atoms with Crippen molar-refractivity contribution >= 4 is 11.8 Å². The van der Waals surface area contributed by atoms with Crippen molar-refractivity contribution in [3.05, 3.63) is 48.0 Å². The van der Waals surface area contributed by atoms with Crippen LogP contribution in [0.3, 0.4) is 0 Å². The van der Waals surface area contributed by atoms with Crippen LogP contribution in [-0.4, -0.2) is 74.2 Å². The number of carbonyl (C=O) groups is 2. The van der Waals surface area contributed by atoms with Gasteiger partial charge in [-0.05, 0) is 30.3 Å². The largest absolute Gasteiger partial charge is 0.493 e. The van der Waals surface area contributed by atoms with Gasteiger partial charge in [-0.2, -0.15) is 8.78 Å². The summed E-state index contributed by atoms with van der Waals surface area (Å²) in [6, 6.07) is 11.2. The molecular formula is C22H22F2N2O6. The number of ether oxygens (including phenoxy) is 4. The van der Waals surface area contributed by atoms with Crippen LogP contribution in [0.15, 0.2) is 42.5 Å². The van der Waals surface area contributed by atoms with E-state index in [1.54, 1.807) is 28.0 Å². The molecule has 2 aliphatic rings. The molecular weight excluding hydrogens is 426 g/mol. The van der Waals surface area contributed by atoms with Gasteiger partial charge < -0.3 is 28.7 Å². The van der Waals surface area contributed by atoms with Gasteiger partial charge >= 0.3 is 6.61 Å². The molecule has 0 spiro atoms. The number of benzene rings is 2. The molecule has 1 saturated heterocycles. The fourth-order valence-corrected chi connectivity index (χ4v) is 3.65. The molecule has 8 nitrogen and oxygen atoms in total. The molecule has 2 aromatic carbocycles. The molecule has 32 heavy (non-hydrogen) atoms. The number of carbonyl (C=O) groups excluding carboxylic acids is 2. The lowest BCUT2D eigenvalue weighted by atomic mass is 10.1. The third kappa shape index (κ3) is 4.53. The van der Waals surface area contributed by atoms with E-state index < -0.39 is 12.7 Å². The molecule has 0 radical (unpaired) electrons. The highest BCUT2D eigenvalue weighted by Gasteiger charge is 2.33. The maximum absolute atomic E-state index is 12.9. The van der Waals surface area contributed by atoms with Gasteiger partial charge in [0.15, 0.2) is 23.0 Å². The van der Waals surface area contributed by atoms with Crippen molar-refractivity contribution in [3.8, 4) is 23.0 Å². The molecule has 2 aliphatic heterocycles. The standard InChI is InChI=1S/C22H22F2N2O6/c1-29-18-12-14(6-7-17(18)32-22(23)24)20(27)25-8-10-26(11-9-25)21(28)19-13-30-15-4-2-3-5-16(15)31-19/h2-7,12,19,22H,8-11,13H2,1H3. The minimum absolute atomic E-state index is 0.0414. The predicted molar refractivity (Wildman–Crippen MR) is 108 cm³/mol. The molecule has 10 heteroatoms. The zero-order valence-corrected chi connectivity index (χ0v) is 17.3. The number of nitrogens with zero attached hydrogens (tertiary/aromatic N) is 2. The number of rotatable bonds is 5. The van der Waals surface area contributed by atoms with Gasteiger partial charge in [0, 0.05) is 31.7 Å². The fourth-order valence-electron chi connectivity index (χ4n) is 3.65. The average Bonchev–Trinajstić information content (AvgIpc) is 2.83. The van der Waals surface area contributed by atoms with Gasteiger partial charge in [-0.1, -0.05) is 12.1 Å². The Balaban J connectivity index is 1.35. The molecule has 0 aliphatic carbocycles. The van der Waals surface area contributed by atoms with E-state index in [9.17, 15) is 18.4 Å². The number of fused-ring (bicyclic) bond motifs is 1. The van der Waals surface area contributed by atoms with Crippen LogP contribution in [-0.2, 0) is 4.79 Å². The van der Waals surface area contributed by atoms with Crippen LogP contribution in [0, 0.1) is 0 Å². The zero-order chi connectivity index (χ0) is 22.7. The summed E-state index contributed by atoms with van der Waals surface area (Å²) in [5.41, 5.74) is 0.281. The molecule has 170 valence electrons. The lowest BCUT2D eigenvalue weighted by molar-refractivity contribution is -0.142. The Labute approximate surface area is 183 Å². The number of amides is 2. The Hall–Kier alpha value is -3.56. The summed E-state index contributed by atoms with van der Waals surface area (Å²) in [7, 11) is 1.31. The van der Waals surface area contributed by atoms with E-state index in [1.165, 1.54) is 25.3 Å². The molecule has 2 heterocycles. The molecule has 1 unspecified atom stereocenters. The quantitative estimate of drug-likeness (QED) is 0.699. The molecule has 2 aromatic rings. The Morgan fingerprint density at radius 2 is 1.69 bits per heavy atom. The van der Waals surface area contributed by atoms with Gasteiger partial charge in [-0.3, -0.25) is 9.59 Å². The number of hydrogen-bond acceptors (Lipinski definition) is 6. The first-order chi connectivity index (χ1) is 15.5. The van der Waals surface area contributed by atoms with Gasteiger partial charge in [0.25, 0.3) is 11.8 Å². The molecule has 4 rings (SSSR count). The van der Waals surface area contributed by atoms with Crippen molar-refractivity contribution in [1.82, 2.24) is 9.80 Å². The van der Waals surface area contributed by atoms with Crippen LogP contribution >= 0.6 is 0 Å². The summed E-state index contributed by atoms with van der Waals surface area (Å²) in [5.74, 6) is 0.545. The molecule has 0 aromatic heterocycles. The van der Waals surface area contributed by atoms with E-state index in [4.69, 9.17) is 14.2 Å². The van der Waals surface area contributed by atoms with Crippen LogP contribution in [0.2, 0.25) is 0 Å². The highest BCUT2D eigenvalue weighted by molar-refractivity contribution is 5.95. The summed E-state index contributed by atoms with van der Waals surface area (Å²) < 4.78 is 45.8. The second kappa shape index (κ2) is 9.29. The number of para-hydroxylation sites is 2. The average molecular weight is 448 g/mol. The smallest absolute Gasteiger partial charge is 0.387 e. The van der Waals surface area contributed by atoms with E-state index in [-0.39, 0.29) is 35.5 Å². The maximum Gasteiger partial charge on any atom is 0.387 e. The molecule has 2 amide bonds. The number of methoxy groups -OCH3 is 1. The van der Waals surface area contributed by atoms with Crippen LogP contribution in [0.25, 0.3) is 0 Å². The van der Waals surface area contributed by atoms with E-state index in [0.717, 1.165) is 0 Å². The van der Waals surface area contributed by atoms with E-state index in [1.807, 2.05) is 6.07 Å².